The van der Waals surface area contributed by atoms with Crippen LogP contribution in [0.3, 0.4) is 0 Å². The highest BCUT2D eigenvalue weighted by Crippen LogP contribution is 2.29. The molecule has 2 N–H and O–H groups in total. The van der Waals surface area contributed by atoms with Gasteiger partial charge in [0.05, 0.1) is 0 Å². The van der Waals surface area contributed by atoms with E-state index in [-0.39, 0.29) is 22.5 Å². The molecule has 0 radical (unpaired) electrons. The molecule has 0 aliphatic heterocycles. The second-order valence-electron chi connectivity index (χ2n) is 5.25. The fourth-order valence-electron chi connectivity index (χ4n) is 2.72. The summed E-state index contributed by atoms with van der Waals surface area (Å²) >= 11 is 0. The van der Waals surface area contributed by atoms with E-state index in [1.165, 1.54) is 44.9 Å². The minimum Gasteiger partial charge on any atom is -0.325 e. The van der Waals surface area contributed by atoms with Gasteiger partial charge in [-0.25, -0.2) is 0 Å². The SMILES string of the molecule is Br.CCCCCCCC(CC)C(N)(CC)CC. The predicted octanol–water partition coefficient (Wildman–Crippen LogP) is 5.47. The van der Waals surface area contributed by atoms with Gasteiger partial charge in [-0.2, -0.15) is 0 Å². The minimum atomic E-state index is 0. The van der Waals surface area contributed by atoms with Crippen LogP contribution >= 0.6 is 17.0 Å². The van der Waals surface area contributed by atoms with Gasteiger partial charge in [-0.15, -0.1) is 17.0 Å². The van der Waals surface area contributed by atoms with Crippen molar-refractivity contribution in [3.63, 3.8) is 0 Å². The van der Waals surface area contributed by atoms with Gasteiger partial charge in [0, 0.05) is 5.54 Å². The molecule has 17 heavy (non-hydrogen) atoms. The molecule has 0 aromatic carbocycles. The van der Waals surface area contributed by atoms with Crippen molar-refractivity contribution in [2.75, 3.05) is 0 Å². The van der Waals surface area contributed by atoms with Crippen molar-refractivity contribution in [2.24, 2.45) is 11.7 Å². The van der Waals surface area contributed by atoms with Crippen LogP contribution < -0.4 is 5.73 Å². The first-order valence-electron chi connectivity index (χ1n) is 7.43. The maximum absolute atomic E-state index is 6.49. The largest absolute Gasteiger partial charge is 0.325 e. The fourth-order valence-corrected chi connectivity index (χ4v) is 2.72. The molecule has 2 heteroatoms. The van der Waals surface area contributed by atoms with Crippen LogP contribution in [0.5, 0.6) is 0 Å². The van der Waals surface area contributed by atoms with Crippen molar-refractivity contribution < 1.29 is 0 Å². The number of hydrogen-bond acceptors (Lipinski definition) is 1. The van der Waals surface area contributed by atoms with Crippen molar-refractivity contribution in [2.45, 2.75) is 91.0 Å². The van der Waals surface area contributed by atoms with Gasteiger partial charge in [0.1, 0.15) is 0 Å². The molecule has 0 fully saturated rings. The van der Waals surface area contributed by atoms with Crippen LogP contribution in [-0.4, -0.2) is 5.54 Å². The smallest absolute Gasteiger partial charge is 0.0177 e. The highest BCUT2D eigenvalue weighted by Gasteiger charge is 2.29. The summed E-state index contributed by atoms with van der Waals surface area (Å²) in [5, 5.41) is 0. The maximum atomic E-state index is 6.49. The van der Waals surface area contributed by atoms with E-state index >= 15 is 0 Å². The van der Waals surface area contributed by atoms with Gasteiger partial charge in [0.2, 0.25) is 0 Å². The minimum absolute atomic E-state index is 0. The average Bonchev–Trinajstić information content (AvgIpc) is 2.33. The molecule has 0 aromatic heterocycles. The summed E-state index contributed by atoms with van der Waals surface area (Å²) in [7, 11) is 0. The number of nitrogens with two attached hydrogens (primary N) is 1. The molecule has 1 unspecified atom stereocenters. The average molecular weight is 308 g/mol. The molecule has 0 saturated heterocycles. The lowest BCUT2D eigenvalue weighted by molar-refractivity contribution is 0.225. The Morgan fingerprint density at radius 2 is 1.41 bits per heavy atom. The maximum Gasteiger partial charge on any atom is 0.0177 e. The molecule has 0 saturated carbocycles. The molecular weight excluding hydrogens is 274 g/mol. The Bertz CT molecular complexity index is 155. The molecule has 0 aromatic rings. The van der Waals surface area contributed by atoms with E-state index in [0.717, 1.165) is 18.8 Å². The van der Waals surface area contributed by atoms with Gasteiger partial charge < -0.3 is 5.73 Å². The van der Waals surface area contributed by atoms with Crippen molar-refractivity contribution in [3.8, 4) is 0 Å². The van der Waals surface area contributed by atoms with Gasteiger partial charge in [0.25, 0.3) is 0 Å². The summed E-state index contributed by atoms with van der Waals surface area (Å²) in [6.07, 6.45) is 11.7. The normalized spacial score (nSPS) is 13.2. The van der Waals surface area contributed by atoms with Crippen molar-refractivity contribution in [1.82, 2.24) is 0 Å². The Balaban J connectivity index is 0. The zero-order valence-corrected chi connectivity index (χ0v) is 14.1. The topological polar surface area (TPSA) is 26.0 Å². The van der Waals surface area contributed by atoms with Crippen molar-refractivity contribution in [1.29, 1.82) is 0 Å². The van der Waals surface area contributed by atoms with Gasteiger partial charge in [0.15, 0.2) is 0 Å². The van der Waals surface area contributed by atoms with Crippen LogP contribution in [-0.2, 0) is 0 Å². The van der Waals surface area contributed by atoms with Gasteiger partial charge in [-0.05, 0) is 25.2 Å². The van der Waals surface area contributed by atoms with Crippen molar-refractivity contribution in [3.05, 3.63) is 0 Å². The third-order valence-electron chi connectivity index (χ3n) is 4.28. The molecule has 0 spiro atoms. The quantitative estimate of drug-likeness (QED) is 0.532. The number of hydrogen-bond donors (Lipinski definition) is 1. The Hall–Kier alpha value is 0.440. The van der Waals surface area contributed by atoms with Gasteiger partial charge in [-0.3, -0.25) is 0 Å². The van der Waals surface area contributed by atoms with Crippen LogP contribution in [0.25, 0.3) is 0 Å². The third-order valence-corrected chi connectivity index (χ3v) is 4.28. The lowest BCUT2D eigenvalue weighted by atomic mass is 9.76. The van der Waals surface area contributed by atoms with Crippen LogP contribution in [0.2, 0.25) is 0 Å². The lowest BCUT2D eigenvalue weighted by Crippen LogP contribution is -2.45. The second-order valence-corrected chi connectivity index (χ2v) is 5.25. The predicted molar refractivity (Wildman–Crippen MR) is 85.0 cm³/mol. The molecule has 0 bridgehead atoms. The number of halogens is 1. The fraction of sp³-hybridized carbons (Fsp3) is 1.00. The number of rotatable bonds is 10. The molecule has 0 rings (SSSR count). The van der Waals surface area contributed by atoms with Gasteiger partial charge in [-0.1, -0.05) is 66.2 Å². The molecule has 1 nitrogen and oxygen atoms in total. The number of unbranched alkanes of at least 4 members (excludes halogenated alkanes) is 4. The van der Waals surface area contributed by atoms with Crippen molar-refractivity contribution >= 4 is 17.0 Å². The molecule has 0 aliphatic carbocycles. The Kier molecular flexibility index (Phi) is 13.4. The highest BCUT2D eigenvalue weighted by atomic mass is 79.9. The first kappa shape index (κ1) is 19.8. The van der Waals surface area contributed by atoms with E-state index in [4.69, 9.17) is 5.73 Å². The summed E-state index contributed by atoms with van der Waals surface area (Å²) in [5.41, 5.74) is 6.59. The van der Waals surface area contributed by atoms with Crippen LogP contribution in [0.15, 0.2) is 0 Å². The van der Waals surface area contributed by atoms with Crippen LogP contribution in [0.1, 0.15) is 85.5 Å². The molecule has 106 valence electrons. The summed E-state index contributed by atoms with van der Waals surface area (Å²) in [4.78, 5) is 0. The Morgan fingerprint density at radius 3 is 1.82 bits per heavy atom. The third kappa shape index (κ3) is 7.46. The molecule has 0 aliphatic rings. The van der Waals surface area contributed by atoms with E-state index in [2.05, 4.69) is 27.7 Å². The van der Waals surface area contributed by atoms with E-state index in [1.807, 2.05) is 0 Å². The summed E-state index contributed by atoms with van der Waals surface area (Å²) in [5.74, 6) is 0.726. The summed E-state index contributed by atoms with van der Waals surface area (Å²) in [6.45, 7) is 9.05. The lowest BCUT2D eigenvalue weighted by Gasteiger charge is -2.36. The molecule has 0 amide bonds. The summed E-state index contributed by atoms with van der Waals surface area (Å²) in [6, 6.07) is 0. The van der Waals surface area contributed by atoms with E-state index in [0.29, 0.717) is 0 Å². The van der Waals surface area contributed by atoms with Crippen LogP contribution in [0.4, 0.5) is 0 Å². The molecule has 1 atom stereocenters. The molecule has 0 heterocycles. The monoisotopic (exact) mass is 307 g/mol. The Morgan fingerprint density at radius 1 is 0.882 bits per heavy atom. The highest BCUT2D eigenvalue weighted by molar-refractivity contribution is 8.93. The van der Waals surface area contributed by atoms with E-state index in [9.17, 15) is 0 Å². The zero-order valence-electron chi connectivity index (χ0n) is 12.4. The zero-order chi connectivity index (χ0) is 12.4. The van der Waals surface area contributed by atoms with E-state index < -0.39 is 0 Å². The van der Waals surface area contributed by atoms with Gasteiger partial charge >= 0.3 is 0 Å². The Labute approximate surface area is 120 Å². The summed E-state index contributed by atoms with van der Waals surface area (Å²) < 4.78 is 0. The van der Waals surface area contributed by atoms with Crippen LogP contribution in [0, 0.1) is 5.92 Å². The second kappa shape index (κ2) is 11.5. The standard InChI is InChI=1S/C15H33N.BrH/c1-5-9-10-11-12-13-14(6-2)15(16,7-3)8-4;/h14H,5-13,16H2,1-4H3;1H. The molecular formula is C15H34BrN. The first-order chi connectivity index (χ1) is 7.64. The van der Waals surface area contributed by atoms with E-state index in [1.54, 1.807) is 0 Å². The first-order valence-corrected chi connectivity index (χ1v) is 7.43.